The van der Waals surface area contributed by atoms with Gasteiger partial charge in [-0.25, -0.2) is 0 Å². The molecule has 4 rings (SSSR count). The Morgan fingerprint density at radius 1 is 1.35 bits per heavy atom. The van der Waals surface area contributed by atoms with Gasteiger partial charge in [-0.1, -0.05) is 12.1 Å². The number of benzene rings is 1. The minimum atomic E-state index is -0.141. The van der Waals surface area contributed by atoms with Gasteiger partial charge in [-0.3, -0.25) is 9.69 Å². The van der Waals surface area contributed by atoms with E-state index in [1.807, 2.05) is 18.2 Å². The fourth-order valence-corrected chi connectivity index (χ4v) is 5.22. The average Bonchev–Trinajstić information content (AvgIpc) is 3.35. The number of methoxy groups -OCH3 is 1. The summed E-state index contributed by atoms with van der Waals surface area (Å²) in [5.74, 6) is 4.02. The van der Waals surface area contributed by atoms with Gasteiger partial charge in [-0.05, 0) is 56.2 Å². The summed E-state index contributed by atoms with van der Waals surface area (Å²) >= 11 is 2.07. The Bertz CT molecular complexity index is 762. The first kappa shape index (κ1) is 17.7. The van der Waals surface area contributed by atoms with E-state index in [4.69, 9.17) is 9.15 Å². The van der Waals surface area contributed by atoms with E-state index in [9.17, 15) is 4.79 Å². The molecule has 0 saturated carbocycles. The average molecular weight is 375 g/mol. The SMILES string of the molecule is COc1cccc2cc(C(=O)NCC3CCN(C4CCSC4)CC3)oc12. The number of fused-ring (bicyclic) bond motifs is 1. The number of carbonyl (C=O) groups is 1. The molecular weight excluding hydrogens is 348 g/mol. The van der Waals surface area contributed by atoms with E-state index in [0.29, 0.717) is 23.0 Å². The normalized spacial score (nSPS) is 22.0. The lowest BCUT2D eigenvalue weighted by Gasteiger charge is -2.35. The fraction of sp³-hybridized carbons (Fsp3) is 0.550. The van der Waals surface area contributed by atoms with E-state index < -0.39 is 0 Å². The predicted octanol–water partition coefficient (Wildman–Crippen LogP) is 3.39. The van der Waals surface area contributed by atoms with E-state index in [-0.39, 0.29) is 5.91 Å². The molecule has 1 aromatic carbocycles. The molecule has 1 atom stereocenters. The molecule has 0 radical (unpaired) electrons. The van der Waals surface area contributed by atoms with Crippen molar-refractivity contribution in [2.24, 2.45) is 5.92 Å². The Kier molecular flexibility index (Phi) is 5.41. The Morgan fingerprint density at radius 2 is 2.19 bits per heavy atom. The Hall–Kier alpha value is -1.66. The maximum Gasteiger partial charge on any atom is 0.287 e. The summed E-state index contributed by atoms with van der Waals surface area (Å²) in [6, 6.07) is 8.23. The van der Waals surface area contributed by atoms with Crippen molar-refractivity contribution in [1.29, 1.82) is 0 Å². The first-order valence-corrected chi connectivity index (χ1v) is 10.6. The molecule has 2 aromatic rings. The van der Waals surface area contributed by atoms with Crippen LogP contribution in [0.2, 0.25) is 0 Å². The molecule has 2 aliphatic heterocycles. The van der Waals surface area contributed by atoms with Crippen molar-refractivity contribution in [2.45, 2.75) is 25.3 Å². The molecule has 3 heterocycles. The van der Waals surface area contributed by atoms with Crippen LogP contribution in [0.15, 0.2) is 28.7 Å². The number of furan rings is 1. The van der Waals surface area contributed by atoms with Crippen LogP contribution >= 0.6 is 11.8 Å². The van der Waals surface area contributed by atoms with Crippen LogP contribution in [-0.2, 0) is 0 Å². The molecule has 2 fully saturated rings. The highest BCUT2D eigenvalue weighted by Crippen LogP contribution is 2.29. The molecule has 140 valence electrons. The number of rotatable bonds is 5. The lowest BCUT2D eigenvalue weighted by atomic mass is 9.95. The van der Waals surface area contributed by atoms with Crippen molar-refractivity contribution in [3.05, 3.63) is 30.0 Å². The quantitative estimate of drug-likeness (QED) is 0.869. The van der Waals surface area contributed by atoms with Gasteiger partial charge in [0.05, 0.1) is 7.11 Å². The van der Waals surface area contributed by atoms with Gasteiger partial charge in [0.1, 0.15) is 0 Å². The fourth-order valence-electron chi connectivity index (χ4n) is 3.97. The van der Waals surface area contributed by atoms with Crippen molar-refractivity contribution in [2.75, 3.05) is 38.2 Å². The molecule has 6 heteroatoms. The van der Waals surface area contributed by atoms with Crippen molar-refractivity contribution in [3.63, 3.8) is 0 Å². The van der Waals surface area contributed by atoms with Gasteiger partial charge in [0.25, 0.3) is 5.91 Å². The van der Waals surface area contributed by atoms with Crippen LogP contribution in [0.25, 0.3) is 11.0 Å². The number of likely N-dealkylation sites (tertiary alicyclic amines) is 1. The van der Waals surface area contributed by atoms with Gasteiger partial charge in [0, 0.05) is 23.7 Å². The number of hydrogen-bond acceptors (Lipinski definition) is 5. The van der Waals surface area contributed by atoms with Crippen LogP contribution in [0.3, 0.4) is 0 Å². The summed E-state index contributed by atoms with van der Waals surface area (Å²) in [5, 5.41) is 3.94. The zero-order chi connectivity index (χ0) is 17.9. The van der Waals surface area contributed by atoms with Crippen molar-refractivity contribution in [1.82, 2.24) is 10.2 Å². The summed E-state index contributed by atoms with van der Waals surface area (Å²) in [6.07, 6.45) is 3.66. The second-order valence-corrected chi connectivity index (χ2v) is 8.35. The summed E-state index contributed by atoms with van der Waals surface area (Å²) < 4.78 is 11.0. The van der Waals surface area contributed by atoms with E-state index in [1.54, 1.807) is 13.2 Å². The third-order valence-electron chi connectivity index (χ3n) is 5.57. The van der Waals surface area contributed by atoms with Gasteiger partial charge in [0.15, 0.2) is 17.1 Å². The standard InChI is InChI=1S/C20H26N2O3S/c1-24-17-4-2-3-15-11-18(25-19(15)17)20(23)21-12-14-5-8-22(9-6-14)16-7-10-26-13-16/h2-4,11,14,16H,5-10,12-13H2,1H3,(H,21,23). The van der Waals surface area contributed by atoms with Crippen molar-refractivity contribution >= 4 is 28.6 Å². The molecule has 0 aliphatic carbocycles. The van der Waals surface area contributed by atoms with Gasteiger partial charge in [-0.15, -0.1) is 0 Å². The highest BCUT2D eigenvalue weighted by Gasteiger charge is 2.27. The Labute approximate surface area is 158 Å². The third kappa shape index (κ3) is 3.71. The summed E-state index contributed by atoms with van der Waals surface area (Å²) in [7, 11) is 1.60. The molecule has 26 heavy (non-hydrogen) atoms. The minimum absolute atomic E-state index is 0.141. The minimum Gasteiger partial charge on any atom is -0.493 e. The Balaban J connectivity index is 1.30. The van der Waals surface area contributed by atoms with Crippen LogP contribution < -0.4 is 10.1 Å². The van der Waals surface area contributed by atoms with Crippen molar-refractivity contribution < 1.29 is 13.9 Å². The number of hydrogen-bond donors (Lipinski definition) is 1. The first-order chi connectivity index (χ1) is 12.7. The maximum atomic E-state index is 12.5. The molecule has 0 bridgehead atoms. The monoisotopic (exact) mass is 374 g/mol. The van der Waals surface area contributed by atoms with Gasteiger partial charge in [0.2, 0.25) is 0 Å². The predicted molar refractivity (Wildman–Crippen MR) is 105 cm³/mol. The number of piperidine rings is 1. The van der Waals surface area contributed by atoms with Gasteiger partial charge < -0.3 is 14.5 Å². The number of amides is 1. The number of ether oxygens (including phenoxy) is 1. The smallest absolute Gasteiger partial charge is 0.287 e. The topological polar surface area (TPSA) is 54.7 Å². The molecule has 1 aromatic heterocycles. The lowest BCUT2D eigenvalue weighted by Crippen LogP contribution is -2.43. The zero-order valence-electron chi connectivity index (χ0n) is 15.2. The number of thioether (sulfide) groups is 1. The second kappa shape index (κ2) is 7.92. The van der Waals surface area contributed by atoms with Crippen LogP contribution in [0.4, 0.5) is 0 Å². The molecule has 1 unspecified atom stereocenters. The van der Waals surface area contributed by atoms with E-state index in [0.717, 1.165) is 43.9 Å². The molecule has 5 nitrogen and oxygen atoms in total. The van der Waals surface area contributed by atoms with Crippen LogP contribution in [0.5, 0.6) is 5.75 Å². The van der Waals surface area contributed by atoms with E-state index >= 15 is 0 Å². The largest absolute Gasteiger partial charge is 0.493 e. The number of nitrogens with one attached hydrogen (secondary N) is 1. The zero-order valence-corrected chi connectivity index (χ0v) is 16.0. The highest BCUT2D eigenvalue weighted by molar-refractivity contribution is 7.99. The molecule has 2 saturated heterocycles. The number of carbonyl (C=O) groups excluding carboxylic acids is 1. The molecular formula is C20H26N2O3S. The summed E-state index contributed by atoms with van der Waals surface area (Å²) in [6.45, 7) is 3.04. The first-order valence-electron chi connectivity index (χ1n) is 9.41. The van der Waals surface area contributed by atoms with Crippen LogP contribution in [0.1, 0.15) is 29.8 Å². The second-order valence-electron chi connectivity index (χ2n) is 7.20. The van der Waals surface area contributed by atoms with Crippen molar-refractivity contribution in [3.8, 4) is 5.75 Å². The highest BCUT2D eigenvalue weighted by atomic mass is 32.2. The molecule has 0 spiro atoms. The van der Waals surface area contributed by atoms with Crippen LogP contribution in [0, 0.1) is 5.92 Å². The van der Waals surface area contributed by atoms with E-state index in [2.05, 4.69) is 22.0 Å². The van der Waals surface area contributed by atoms with Gasteiger partial charge in [-0.2, -0.15) is 11.8 Å². The van der Waals surface area contributed by atoms with Crippen LogP contribution in [-0.4, -0.2) is 55.1 Å². The lowest BCUT2D eigenvalue weighted by molar-refractivity contribution is 0.0903. The molecule has 1 N–H and O–H groups in total. The molecule has 1 amide bonds. The number of nitrogens with zero attached hydrogens (tertiary/aromatic N) is 1. The van der Waals surface area contributed by atoms with Gasteiger partial charge >= 0.3 is 0 Å². The third-order valence-corrected chi connectivity index (χ3v) is 6.72. The molecule has 2 aliphatic rings. The Morgan fingerprint density at radius 3 is 2.92 bits per heavy atom. The summed E-state index contributed by atoms with van der Waals surface area (Å²) in [4.78, 5) is 15.1. The summed E-state index contributed by atoms with van der Waals surface area (Å²) in [5.41, 5.74) is 0.628. The van der Waals surface area contributed by atoms with E-state index in [1.165, 1.54) is 17.9 Å². The maximum absolute atomic E-state index is 12.5. The number of para-hydroxylation sites is 1.